The highest BCUT2D eigenvalue weighted by Crippen LogP contribution is 2.28. The summed E-state index contributed by atoms with van der Waals surface area (Å²) in [6, 6.07) is 5.54. The number of carbonyl (C=O) groups excluding carboxylic acids is 2. The molecule has 2 rings (SSSR count). The highest BCUT2D eigenvalue weighted by atomic mass is 16.5. The molecule has 0 saturated heterocycles. The molecule has 3 atom stereocenters. The topological polar surface area (TPSA) is 73.9 Å². The number of esters is 1. The molecule has 1 saturated carbocycles. The Balaban J connectivity index is 1.89. The van der Waals surface area contributed by atoms with Gasteiger partial charge in [-0.25, -0.2) is 4.79 Å². The van der Waals surface area contributed by atoms with Crippen LogP contribution in [0, 0.1) is 5.92 Å². The first kappa shape index (κ1) is 21.8. The smallest absolute Gasteiger partial charge is 0.331 e. The fourth-order valence-corrected chi connectivity index (χ4v) is 3.32. The van der Waals surface area contributed by atoms with E-state index < -0.39 is 12.1 Å². The van der Waals surface area contributed by atoms with Crippen LogP contribution in [0.1, 0.15) is 52.0 Å². The van der Waals surface area contributed by atoms with E-state index in [0.717, 1.165) is 24.8 Å². The number of benzene rings is 1. The van der Waals surface area contributed by atoms with Crippen LogP contribution in [0.5, 0.6) is 11.5 Å². The molecule has 0 aliphatic heterocycles. The summed E-state index contributed by atoms with van der Waals surface area (Å²) in [5.41, 5.74) is 0.769. The van der Waals surface area contributed by atoms with Crippen LogP contribution in [0.15, 0.2) is 24.3 Å². The van der Waals surface area contributed by atoms with Gasteiger partial charge in [0.25, 0.3) is 5.91 Å². The van der Waals surface area contributed by atoms with Gasteiger partial charge in [0.05, 0.1) is 13.7 Å². The van der Waals surface area contributed by atoms with E-state index in [0.29, 0.717) is 24.0 Å². The van der Waals surface area contributed by atoms with E-state index in [4.69, 9.17) is 14.2 Å². The second-order valence-electron chi connectivity index (χ2n) is 7.13. The lowest BCUT2D eigenvalue weighted by Gasteiger charge is -2.30. The number of nitrogens with one attached hydrogen (secondary N) is 1. The summed E-state index contributed by atoms with van der Waals surface area (Å²) in [4.78, 5) is 24.4. The third-order valence-corrected chi connectivity index (χ3v) is 5.00. The first-order valence-electron chi connectivity index (χ1n) is 9.94. The molecular weight excluding hydrogens is 358 g/mol. The lowest BCUT2D eigenvalue weighted by Crippen LogP contribution is -2.45. The van der Waals surface area contributed by atoms with Gasteiger partial charge in [0, 0.05) is 12.1 Å². The number of amides is 1. The van der Waals surface area contributed by atoms with Gasteiger partial charge in [-0.3, -0.25) is 4.79 Å². The number of rotatable bonds is 8. The van der Waals surface area contributed by atoms with Crippen molar-refractivity contribution in [1.82, 2.24) is 5.32 Å². The van der Waals surface area contributed by atoms with Crippen LogP contribution in [-0.4, -0.2) is 37.7 Å². The van der Waals surface area contributed by atoms with Gasteiger partial charge in [-0.1, -0.05) is 25.8 Å². The van der Waals surface area contributed by atoms with Crippen molar-refractivity contribution in [3.05, 3.63) is 29.8 Å². The van der Waals surface area contributed by atoms with E-state index in [1.165, 1.54) is 12.5 Å². The molecule has 6 heteroatoms. The standard InChI is InChI=1S/C22H31NO5/c1-5-27-19-12-10-17(14-20(19)26-4)11-13-21(24)28-16(3)22(25)23-18-9-7-6-8-15(18)2/h10-16,18H,5-9H2,1-4H3,(H,23,25)/b13-11+/t15-,16+,18+/m0/s1. The van der Waals surface area contributed by atoms with E-state index in [1.807, 2.05) is 13.0 Å². The van der Waals surface area contributed by atoms with Crippen LogP contribution >= 0.6 is 0 Å². The predicted molar refractivity (Wildman–Crippen MR) is 108 cm³/mol. The summed E-state index contributed by atoms with van der Waals surface area (Å²) in [5.74, 6) is 0.879. The molecule has 1 aromatic rings. The molecule has 1 aromatic carbocycles. The van der Waals surface area contributed by atoms with Crippen LogP contribution in [0.2, 0.25) is 0 Å². The van der Waals surface area contributed by atoms with E-state index >= 15 is 0 Å². The zero-order valence-corrected chi connectivity index (χ0v) is 17.2. The van der Waals surface area contributed by atoms with Crippen molar-refractivity contribution in [2.45, 2.75) is 58.6 Å². The number of methoxy groups -OCH3 is 1. The average Bonchev–Trinajstić information content (AvgIpc) is 2.69. The summed E-state index contributed by atoms with van der Waals surface area (Å²) in [5, 5.41) is 3.01. The minimum atomic E-state index is -0.832. The summed E-state index contributed by atoms with van der Waals surface area (Å²) < 4.78 is 16.0. The molecule has 0 unspecified atom stereocenters. The minimum absolute atomic E-state index is 0.161. The Hall–Kier alpha value is -2.50. The molecule has 28 heavy (non-hydrogen) atoms. The monoisotopic (exact) mass is 389 g/mol. The van der Waals surface area contributed by atoms with E-state index in [-0.39, 0.29) is 11.9 Å². The summed E-state index contributed by atoms with van der Waals surface area (Å²) in [6.07, 6.45) is 6.52. The van der Waals surface area contributed by atoms with Gasteiger partial charge in [0.15, 0.2) is 17.6 Å². The molecule has 1 fully saturated rings. The normalized spacial score (nSPS) is 20.4. The Morgan fingerprint density at radius 2 is 2.00 bits per heavy atom. The van der Waals surface area contributed by atoms with Gasteiger partial charge < -0.3 is 19.5 Å². The number of hydrogen-bond donors (Lipinski definition) is 1. The molecule has 1 amide bonds. The van der Waals surface area contributed by atoms with Gasteiger partial charge in [0.1, 0.15) is 0 Å². The van der Waals surface area contributed by atoms with Crippen LogP contribution in [0.25, 0.3) is 6.08 Å². The minimum Gasteiger partial charge on any atom is -0.493 e. The third-order valence-electron chi connectivity index (χ3n) is 5.00. The maximum Gasteiger partial charge on any atom is 0.331 e. The Bertz CT molecular complexity index is 700. The lowest BCUT2D eigenvalue weighted by molar-refractivity contribution is -0.150. The van der Waals surface area contributed by atoms with Crippen LogP contribution in [0.4, 0.5) is 0 Å². The molecule has 0 heterocycles. The van der Waals surface area contributed by atoms with Crippen molar-refractivity contribution < 1.29 is 23.8 Å². The Kier molecular flexibility index (Phi) is 8.36. The second-order valence-corrected chi connectivity index (χ2v) is 7.13. The van der Waals surface area contributed by atoms with E-state index in [1.54, 1.807) is 32.2 Å². The SMILES string of the molecule is CCOc1ccc(/C=C/C(=O)O[C@H](C)C(=O)N[C@@H]2CCCC[C@@H]2C)cc1OC. The Labute approximate surface area is 167 Å². The third kappa shape index (κ3) is 6.29. The van der Waals surface area contributed by atoms with Crippen molar-refractivity contribution in [1.29, 1.82) is 0 Å². The fourth-order valence-electron chi connectivity index (χ4n) is 3.32. The largest absolute Gasteiger partial charge is 0.493 e. The first-order valence-corrected chi connectivity index (χ1v) is 9.94. The maximum absolute atomic E-state index is 12.3. The van der Waals surface area contributed by atoms with Gasteiger partial charge in [0.2, 0.25) is 0 Å². The quantitative estimate of drug-likeness (QED) is 0.542. The molecule has 1 N–H and O–H groups in total. The Morgan fingerprint density at radius 1 is 1.25 bits per heavy atom. The molecular formula is C22H31NO5. The molecule has 154 valence electrons. The predicted octanol–water partition coefficient (Wildman–Crippen LogP) is 3.73. The summed E-state index contributed by atoms with van der Waals surface area (Å²) in [7, 11) is 1.56. The van der Waals surface area contributed by atoms with Crippen molar-refractivity contribution in [3.63, 3.8) is 0 Å². The van der Waals surface area contributed by atoms with Crippen molar-refractivity contribution >= 4 is 18.0 Å². The van der Waals surface area contributed by atoms with Crippen LogP contribution < -0.4 is 14.8 Å². The molecule has 6 nitrogen and oxygen atoms in total. The van der Waals surface area contributed by atoms with Gasteiger partial charge in [-0.2, -0.15) is 0 Å². The number of carbonyl (C=O) groups is 2. The molecule has 0 radical (unpaired) electrons. The first-order chi connectivity index (χ1) is 13.4. The lowest BCUT2D eigenvalue weighted by atomic mass is 9.86. The molecule has 0 bridgehead atoms. The van der Waals surface area contributed by atoms with Gasteiger partial charge in [-0.15, -0.1) is 0 Å². The van der Waals surface area contributed by atoms with E-state index in [9.17, 15) is 9.59 Å². The van der Waals surface area contributed by atoms with Crippen LogP contribution in [0.3, 0.4) is 0 Å². The summed E-state index contributed by atoms with van der Waals surface area (Å²) in [6.45, 7) is 6.18. The molecule has 1 aliphatic rings. The fraction of sp³-hybridized carbons (Fsp3) is 0.545. The van der Waals surface area contributed by atoms with Crippen molar-refractivity contribution in [2.24, 2.45) is 5.92 Å². The molecule has 0 spiro atoms. The maximum atomic E-state index is 12.3. The van der Waals surface area contributed by atoms with Crippen molar-refractivity contribution in [3.8, 4) is 11.5 Å². The van der Waals surface area contributed by atoms with Crippen molar-refractivity contribution in [2.75, 3.05) is 13.7 Å². The van der Waals surface area contributed by atoms with Crippen LogP contribution in [-0.2, 0) is 14.3 Å². The average molecular weight is 389 g/mol. The highest BCUT2D eigenvalue weighted by molar-refractivity contribution is 5.90. The van der Waals surface area contributed by atoms with E-state index in [2.05, 4.69) is 12.2 Å². The number of ether oxygens (including phenoxy) is 3. The zero-order chi connectivity index (χ0) is 20.5. The van der Waals surface area contributed by atoms with Gasteiger partial charge in [-0.05, 0) is 56.4 Å². The summed E-state index contributed by atoms with van der Waals surface area (Å²) >= 11 is 0. The number of hydrogen-bond acceptors (Lipinski definition) is 5. The molecule has 0 aromatic heterocycles. The highest BCUT2D eigenvalue weighted by Gasteiger charge is 2.25. The second kappa shape index (κ2) is 10.7. The Morgan fingerprint density at radius 3 is 2.68 bits per heavy atom. The molecule has 1 aliphatic carbocycles. The van der Waals surface area contributed by atoms with Gasteiger partial charge >= 0.3 is 5.97 Å². The zero-order valence-electron chi connectivity index (χ0n) is 17.2.